The molecule has 2 aliphatic heterocycles. The smallest absolute Gasteiger partial charge is 0.240 e. The molecule has 8 nitrogen and oxygen atoms in total. The fourth-order valence-corrected chi connectivity index (χ4v) is 5.15. The second-order valence-corrected chi connectivity index (χ2v) is 9.03. The van der Waals surface area contributed by atoms with Crippen LogP contribution in [0.25, 0.3) is 6.08 Å². The number of carbonyl (C=O) groups is 1. The zero-order valence-corrected chi connectivity index (χ0v) is 21.9. The van der Waals surface area contributed by atoms with Gasteiger partial charge in [-0.25, -0.2) is 5.01 Å². The number of hydrogen-bond acceptors (Lipinski definition) is 7. The topological polar surface area (TPSA) is 72.8 Å². The van der Waals surface area contributed by atoms with Gasteiger partial charge in [-0.1, -0.05) is 19.1 Å². The molecule has 8 heteroatoms. The van der Waals surface area contributed by atoms with E-state index in [1.807, 2.05) is 36.4 Å². The van der Waals surface area contributed by atoms with E-state index >= 15 is 0 Å². The SMILES string of the molecule is CCCN1CC(=Cc2ccc(OC)c(OC)c2)C2=NN(C(C)=O)C(c3ccc(OC)c(OC)c3)C2C1. The molecule has 1 fully saturated rings. The van der Waals surface area contributed by atoms with Crippen LogP contribution in [0.3, 0.4) is 0 Å². The molecule has 0 N–H and O–H groups in total. The van der Waals surface area contributed by atoms with E-state index in [2.05, 4.69) is 17.9 Å². The summed E-state index contributed by atoms with van der Waals surface area (Å²) in [5, 5.41) is 6.52. The first-order valence-electron chi connectivity index (χ1n) is 12.2. The van der Waals surface area contributed by atoms with E-state index in [0.29, 0.717) is 23.0 Å². The summed E-state index contributed by atoms with van der Waals surface area (Å²) in [5.74, 6) is 2.58. The Bertz CT molecular complexity index is 1180. The van der Waals surface area contributed by atoms with Crippen molar-refractivity contribution in [3.8, 4) is 23.0 Å². The molecule has 192 valence electrons. The maximum Gasteiger partial charge on any atom is 0.240 e. The first-order chi connectivity index (χ1) is 17.4. The van der Waals surface area contributed by atoms with Crippen molar-refractivity contribution >= 4 is 17.7 Å². The van der Waals surface area contributed by atoms with Gasteiger partial charge in [0.1, 0.15) is 0 Å². The molecule has 2 unspecified atom stereocenters. The van der Waals surface area contributed by atoms with E-state index in [9.17, 15) is 4.79 Å². The Labute approximate surface area is 213 Å². The van der Waals surface area contributed by atoms with Crippen LogP contribution in [-0.2, 0) is 4.79 Å². The molecular weight excluding hydrogens is 458 g/mol. The second-order valence-electron chi connectivity index (χ2n) is 9.03. The number of carbonyl (C=O) groups excluding carboxylic acids is 1. The maximum absolute atomic E-state index is 12.8. The normalized spacial score (nSPS) is 20.7. The molecule has 36 heavy (non-hydrogen) atoms. The molecule has 2 aromatic carbocycles. The molecule has 0 radical (unpaired) electrons. The minimum Gasteiger partial charge on any atom is -0.493 e. The molecule has 4 rings (SSSR count). The number of fused-ring (bicyclic) bond motifs is 1. The number of ether oxygens (including phenoxy) is 4. The first kappa shape index (κ1) is 25.6. The Hall–Kier alpha value is -3.52. The molecule has 1 amide bonds. The highest BCUT2D eigenvalue weighted by Gasteiger charge is 2.45. The molecule has 1 saturated heterocycles. The Morgan fingerprint density at radius 2 is 1.61 bits per heavy atom. The Kier molecular flexibility index (Phi) is 7.84. The summed E-state index contributed by atoms with van der Waals surface area (Å²) < 4.78 is 21.9. The van der Waals surface area contributed by atoms with Gasteiger partial charge in [0.05, 0.1) is 40.2 Å². The summed E-state index contributed by atoms with van der Waals surface area (Å²) in [5.41, 5.74) is 4.01. The Balaban J connectivity index is 1.78. The highest BCUT2D eigenvalue weighted by molar-refractivity contribution is 6.08. The minimum atomic E-state index is -0.231. The van der Waals surface area contributed by atoms with Gasteiger partial charge in [0.25, 0.3) is 0 Å². The minimum absolute atomic E-state index is 0.0266. The lowest BCUT2D eigenvalue weighted by Crippen LogP contribution is -2.44. The van der Waals surface area contributed by atoms with Crippen LogP contribution in [0.15, 0.2) is 47.1 Å². The molecule has 0 saturated carbocycles. The van der Waals surface area contributed by atoms with Gasteiger partial charge in [-0.3, -0.25) is 9.69 Å². The Morgan fingerprint density at radius 3 is 2.22 bits per heavy atom. The number of piperidine rings is 1. The van der Waals surface area contributed by atoms with Crippen LogP contribution in [0.2, 0.25) is 0 Å². The van der Waals surface area contributed by atoms with Crippen molar-refractivity contribution in [2.24, 2.45) is 11.0 Å². The number of hydrazone groups is 1. The zero-order valence-electron chi connectivity index (χ0n) is 21.9. The van der Waals surface area contributed by atoms with Crippen LogP contribution >= 0.6 is 0 Å². The largest absolute Gasteiger partial charge is 0.493 e. The lowest BCUT2D eigenvalue weighted by molar-refractivity contribution is -0.131. The summed E-state index contributed by atoms with van der Waals surface area (Å²) in [6.45, 7) is 6.30. The number of nitrogens with zero attached hydrogens (tertiary/aromatic N) is 3. The van der Waals surface area contributed by atoms with Crippen molar-refractivity contribution in [2.75, 3.05) is 48.1 Å². The first-order valence-corrected chi connectivity index (χ1v) is 12.2. The summed E-state index contributed by atoms with van der Waals surface area (Å²) in [4.78, 5) is 15.2. The molecule has 0 bridgehead atoms. The van der Waals surface area contributed by atoms with E-state index in [-0.39, 0.29) is 17.9 Å². The summed E-state index contributed by atoms with van der Waals surface area (Å²) in [6.07, 6.45) is 3.19. The summed E-state index contributed by atoms with van der Waals surface area (Å²) >= 11 is 0. The lowest BCUT2D eigenvalue weighted by atomic mass is 9.83. The van der Waals surface area contributed by atoms with E-state index < -0.39 is 0 Å². The fraction of sp³-hybridized carbons (Fsp3) is 0.429. The number of amides is 1. The van der Waals surface area contributed by atoms with Crippen molar-refractivity contribution in [2.45, 2.75) is 26.3 Å². The van der Waals surface area contributed by atoms with E-state index in [4.69, 9.17) is 24.0 Å². The predicted molar refractivity (Wildman–Crippen MR) is 140 cm³/mol. The van der Waals surface area contributed by atoms with Crippen molar-refractivity contribution < 1.29 is 23.7 Å². The highest BCUT2D eigenvalue weighted by Crippen LogP contribution is 2.43. The molecular formula is C28H35N3O5. The molecule has 2 atom stereocenters. The van der Waals surface area contributed by atoms with Gasteiger partial charge >= 0.3 is 0 Å². The third-order valence-corrected chi connectivity index (χ3v) is 6.75. The average molecular weight is 494 g/mol. The van der Waals surface area contributed by atoms with E-state index in [1.165, 1.54) is 0 Å². The lowest BCUT2D eigenvalue weighted by Gasteiger charge is -2.36. The van der Waals surface area contributed by atoms with Crippen LogP contribution in [0.4, 0.5) is 0 Å². The fourth-order valence-electron chi connectivity index (χ4n) is 5.15. The van der Waals surface area contributed by atoms with Crippen LogP contribution in [0, 0.1) is 5.92 Å². The molecule has 0 aromatic heterocycles. The molecule has 2 aromatic rings. The quantitative estimate of drug-likeness (QED) is 0.543. The van der Waals surface area contributed by atoms with Crippen molar-refractivity contribution in [1.82, 2.24) is 9.91 Å². The second kappa shape index (κ2) is 11.0. The summed E-state index contributed by atoms with van der Waals surface area (Å²) in [6, 6.07) is 11.5. The standard InChI is InChI=1S/C28H35N3O5/c1-7-12-30-16-21(13-19-8-10-23(33-3)25(14-19)35-5)27-22(17-30)28(31(29-27)18(2)32)20-9-11-24(34-4)26(15-20)36-6/h8-11,13-15,22,28H,7,12,16-17H2,1-6H3. The zero-order chi connectivity index (χ0) is 25.8. The van der Waals surface area contributed by atoms with Gasteiger partial charge in [-0.15, -0.1) is 0 Å². The van der Waals surface area contributed by atoms with Crippen LogP contribution in [0.1, 0.15) is 37.4 Å². The predicted octanol–water partition coefficient (Wildman–Crippen LogP) is 4.41. The molecule has 0 spiro atoms. The monoisotopic (exact) mass is 493 g/mol. The van der Waals surface area contributed by atoms with Crippen molar-refractivity contribution in [1.29, 1.82) is 0 Å². The van der Waals surface area contributed by atoms with Crippen molar-refractivity contribution in [3.63, 3.8) is 0 Å². The number of likely N-dealkylation sites (tertiary alicyclic amines) is 1. The van der Waals surface area contributed by atoms with Gasteiger partial charge in [0, 0.05) is 25.9 Å². The molecule has 0 aliphatic carbocycles. The van der Waals surface area contributed by atoms with Crippen LogP contribution < -0.4 is 18.9 Å². The molecule has 2 aliphatic rings. The maximum atomic E-state index is 12.8. The average Bonchev–Trinajstić information content (AvgIpc) is 3.28. The van der Waals surface area contributed by atoms with E-state index in [0.717, 1.165) is 48.5 Å². The van der Waals surface area contributed by atoms with Gasteiger partial charge < -0.3 is 18.9 Å². The highest BCUT2D eigenvalue weighted by atomic mass is 16.5. The van der Waals surface area contributed by atoms with Gasteiger partial charge in [-0.05, 0) is 60.0 Å². The summed E-state index contributed by atoms with van der Waals surface area (Å²) in [7, 11) is 6.50. The number of benzene rings is 2. The third-order valence-electron chi connectivity index (χ3n) is 6.75. The van der Waals surface area contributed by atoms with Crippen LogP contribution in [0.5, 0.6) is 23.0 Å². The van der Waals surface area contributed by atoms with E-state index in [1.54, 1.807) is 40.4 Å². The van der Waals surface area contributed by atoms with Gasteiger partial charge in [-0.2, -0.15) is 5.10 Å². The van der Waals surface area contributed by atoms with Gasteiger partial charge in [0.2, 0.25) is 5.91 Å². The van der Waals surface area contributed by atoms with Gasteiger partial charge in [0.15, 0.2) is 23.0 Å². The van der Waals surface area contributed by atoms with Crippen LogP contribution in [-0.4, -0.2) is 69.6 Å². The molecule has 2 heterocycles. The number of hydrogen-bond donors (Lipinski definition) is 0. The third kappa shape index (κ3) is 4.91. The Morgan fingerprint density at radius 1 is 0.972 bits per heavy atom. The number of methoxy groups -OCH3 is 4. The number of rotatable bonds is 8. The van der Waals surface area contributed by atoms with Crippen molar-refractivity contribution in [3.05, 3.63) is 53.1 Å².